The Hall–Kier alpha value is -7.44. The lowest BCUT2D eigenvalue weighted by molar-refractivity contribution is -0.162. The van der Waals surface area contributed by atoms with Crippen molar-refractivity contribution in [3.63, 3.8) is 0 Å². The highest BCUT2D eigenvalue weighted by Crippen LogP contribution is 2.35. The van der Waals surface area contributed by atoms with Gasteiger partial charge in [0.15, 0.2) is 35.4 Å². The normalized spacial score (nSPS) is 12.5. The van der Waals surface area contributed by atoms with E-state index in [4.69, 9.17) is 18.9 Å². The number of sulfonamides is 1. The minimum absolute atomic E-state index is 0.0112. The summed E-state index contributed by atoms with van der Waals surface area (Å²) in [7, 11) is -1.84. The van der Waals surface area contributed by atoms with Crippen LogP contribution in [0, 0.1) is 28.7 Å². The lowest BCUT2D eigenvalue weighted by Crippen LogP contribution is -2.62. The summed E-state index contributed by atoms with van der Waals surface area (Å²) in [6.07, 6.45) is 0.751. The van der Waals surface area contributed by atoms with Crippen LogP contribution in [-0.2, 0) is 50.7 Å². The van der Waals surface area contributed by atoms with E-state index >= 15 is 0 Å². The molecule has 13 nitrogen and oxygen atoms in total. The fourth-order valence-corrected chi connectivity index (χ4v) is 8.66. The molecule has 6 aromatic rings. The molecule has 2 N–H and O–H groups in total. The van der Waals surface area contributed by atoms with E-state index in [2.05, 4.69) is 0 Å². The van der Waals surface area contributed by atoms with Gasteiger partial charge in [-0.2, -0.15) is 4.31 Å². The Balaban J connectivity index is 1.21. The number of carboxylic acid groups (broad SMARTS) is 2. The van der Waals surface area contributed by atoms with Crippen LogP contribution >= 0.6 is 0 Å². The summed E-state index contributed by atoms with van der Waals surface area (Å²) in [5.41, 5.74) is 2.20. The number of carboxylic acids is 2. The van der Waals surface area contributed by atoms with Crippen molar-refractivity contribution in [1.82, 2.24) is 9.21 Å². The summed E-state index contributed by atoms with van der Waals surface area (Å²) >= 11 is 0. The molecule has 0 aliphatic heterocycles. The Morgan fingerprint density at radius 3 is 1.33 bits per heavy atom. The highest BCUT2D eigenvalue weighted by molar-refractivity contribution is 7.88. The number of rotatable bonds is 20. The van der Waals surface area contributed by atoms with Crippen LogP contribution in [0.5, 0.6) is 23.0 Å². The van der Waals surface area contributed by atoms with Crippen molar-refractivity contribution >= 4 is 27.9 Å². The van der Waals surface area contributed by atoms with Gasteiger partial charge < -0.3 is 34.1 Å². The van der Waals surface area contributed by atoms with Gasteiger partial charge in [-0.1, -0.05) is 93.6 Å². The zero-order valence-corrected chi connectivity index (χ0v) is 39.7. The predicted octanol–water partition coefficient (Wildman–Crippen LogP) is 9.50. The minimum atomic E-state index is -4.51. The first kappa shape index (κ1) is 51.9. The number of carbonyl (C=O) groups is 3. The van der Waals surface area contributed by atoms with Crippen molar-refractivity contribution in [3.8, 4) is 45.3 Å². The van der Waals surface area contributed by atoms with Crippen LogP contribution in [0.15, 0.2) is 121 Å². The lowest BCUT2D eigenvalue weighted by Gasteiger charge is -2.39. The van der Waals surface area contributed by atoms with Gasteiger partial charge in [0.2, 0.25) is 15.9 Å². The average molecular weight is 987 g/mol. The fraction of sp³-hybridized carbons (Fsp3) is 0.250. The predicted molar refractivity (Wildman–Crippen MR) is 251 cm³/mol. The zero-order chi connectivity index (χ0) is 51.1. The van der Waals surface area contributed by atoms with Crippen molar-refractivity contribution in [2.45, 2.75) is 59.2 Å². The number of methoxy groups -OCH3 is 2. The molecule has 18 heteroatoms. The van der Waals surface area contributed by atoms with Gasteiger partial charge in [0.05, 0.1) is 20.5 Å². The number of halogens is 4. The van der Waals surface area contributed by atoms with E-state index in [0.29, 0.717) is 54.7 Å². The summed E-state index contributed by atoms with van der Waals surface area (Å²) in [5.74, 6) is -7.49. The highest BCUT2D eigenvalue weighted by atomic mass is 32.2. The van der Waals surface area contributed by atoms with Gasteiger partial charge in [0.25, 0.3) is 0 Å². The quantitative estimate of drug-likeness (QED) is 0.0699. The Kier molecular flexibility index (Phi) is 16.2. The third-order valence-corrected chi connectivity index (χ3v) is 12.3. The van der Waals surface area contributed by atoms with E-state index in [1.54, 1.807) is 91.0 Å². The van der Waals surface area contributed by atoms with Crippen LogP contribution in [0.2, 0.25) is 0 Å². The number of amides is 1. The third-order valence-electron chi connectivity index (χ3n) is 11.1. The molecule has 0 bridgehead atoms. The molecule has 0 heterocycles. The highest BCUT2D eigenvalue weighted by Gasteiger charge is 2.48. The van der Waals surface area contributed by atoms with Gasteiger partial charge in [-0.25, -0.2) is 30.8 Å². The lowest BCUT2D eigenvalue weighted by atomic mass is 9.92. The first-order chi connectivity index (χ1) is 33.1. The van der Waals surface area contributed by atoms with Crippen molar-refractivity contribution in [1.29, 1.82) is 0 Å². The number of hydrogen-bond acceptors (Lipinski definition) is 9. The van der Waals surface area contributed by atoms with Gasteiger partial charge >= 0.3 is 11.9 Å². The van der Waals surface area contributed by atoms with Gasteiger partial charge in [-0.05, 0) is 69.8 Å². The van der Waals surface area contributed by atoms with E-state index in [9.17, 15) is 50.6 Å². The van der Waals surface area contributed by atoms with E-state index in [0.717, 1.165) is 35.4 Å². The molecule has 6 aromatic carbocycles. The van der Waals surface area contributed by atoms with Crippen LogP contribution in [0.25, 0.3) is 22.3 Å². The molecule has 0 aliphatic carbocycles. The van der Waals surface area contributed by atoms with Crippen molar-refractivity contribution in [2.75, 3.05) is 20.5 Å². The smallest absolute Gasteiger partial charge is 0.328 e. The molecule has 0 saturated heterocycles. The maximum Gasteiger partial charge on any atom is 0.328 e. The molecule has 70 heavy (non-hydrogen) atoms. The Morgan fingerprint density at radius 1 is 0.571 bits per heavy atom. The monoisotopic (exact) mass is 986 g/mol. The van der Waals surface area contributed by atoms with Crippen LogP contribution in [0.4, 0.5) is 17.6 Å². The first-order valence-electron chi connectivity index (χ1n) is 21.5. The zero-order valence-electron chi connectivity index (χ0n) is 38.9. The molecule has 0 spiro atoms. The van der Waals surface area contributed by atoms with Gasteiger partial charge in [0, 0.05) is 41.8 Å². The SMILES string of the molecule is COc1cc(F)c(F)cc1-c1ccc(OCc2cccc(CN(C(=O)C(C)(C)C)C(C(=O)O)C(C(=O)O)N(Cc3cccc(COc4ccc(-c5cc(F)c(F)cc5OC)cc4)c3)S(C)(=O)=O)c2)cc1. The summed E-state index contributed by atoms with van der Waals surface area (Å²) in [4.78, 5) is 41.7. The molecule has 6 rings (SSSR count). The standard InChI is InChI=1S/C52H50F4N2O11S/c1-52(2,3)51(63)57(27-31-9-7-11-33(21-31)29-68-37-17-13-35(14-18-37)39-23-41(53)43(55)25-45(39)66-4)47(49(59)60)48(50(61)62)58(70(6,64)65)28-32-10-8-12-34(22-32)30-69-38-19-15-36(16-20-38)40-24-42(54)44(56)26-46(40)67-5/h7-26,47-48H,27-30H2,1-6H3,(H,59,60)(H,61,62). The molecule has 2 unspecified atom stereocenters. The Labute approximate surface area is 402 Å². The average Bonchev–Trinajstić information content (AvgIpc) is 3.31. The minimum Gasteiger partial charge on any atom is -0.496 e. The van der Waals surface area contributed by atoms with Crippen LogP contribution in [0.1, 0.15) is 43.0 Å². The summed E-state index contributed by atoms with van der Waals surface area (Å²) in [6.45, 7) is 3.48. The molecule has 0 aromatic heterocycles. The molecule has 0 radical (unpaired) electrons. The van der Waals surface area contributed by atoms with Crippen molar-refractivity contribution < 1.29 is 69.5 Å². The molecule has 368 valence electrons. The van der Waals surface area contributed by atoms with E-state index in [1.807, 2.05) is 0 Å². The largest absolute Gasteiger partial charge is 0.496 e. The van der Waals surface area contributed by atoms with Gasteiger partial charge in [-0.15, -0.1) is 0 Å². The number of aliphatic carboxylic acids is 2. The topological polar surface area (TPSA) is 169 Å². The Morgan fingerprint density at radius 2 is 0.957 bits per heavy atom. The van der Waals surface area contributed by atoms with E-state index in [1.165, 1.54) is 41.1 Å². The van der Waals surface area contributed by atoms with Crippen molar-refractivity contribution in [2.24, 2.45) is 5.41 Å². The molecule has 0 fully saturated rings. The molecule has 0 saturated carbocycles. The molecule has 2 atom stereocenters. The number of hydrogen-bond donors (Lipinski definition) is 2. The molecule has 1 amide bonds. The third kappa shape index (κ3) is 12.6. The van der Waals surface area contributed by atoms with E-state index < -0.39 is 81.7 Å². The number of ether oxygens (including phenoxy) is 4. The molecular formula is C52H50F4N2O11S. The van der Waals surface area contributed by atoms with Crippen LogP contribution in [-0.4, -0.2) is 78.2 Å². The maximum atomic E-state index is 14.2. The summed E-state index contributed by atoms with van der Waals surface area (Å²) < 4.78 is 106. The summed E-state index contributed by atoms with van der Waals surface area (Å²) in [6, 6.07) is 25.3. The Bertz CT molecular complexity index is 2980. The van der Waals surface area contributed by atoms with E-state index in [-0.39, 0.29) is 30.3 Å². The fourth-order valence-electron chi connectivity index (χ4n) is 7.66. The second kappa shape index (κ2) is 21.9. The number of carbonyl (C=O) groups excluding carboxylic acids is 1. The molecular weight excluding hydrogens is 937 g/mol. The second-order valence-corrected chi connectivity index (χ2v) is 19.2. The van der Waals surface area contributed by atoms with Crippen LogP contribution in [0.3, 0.4) is 0 Å². The maximum absolute atomic E-state index is 14.2. The number of nitrogens with zero attached hydrogens (tertiary/aromatic N) is 2. The van der Waals surface area contributed by atoms with Gasteiger partial charge in [-0.3, -0.25) is 9.59 Å². The van der Waals surface area contributed by atoms with Crippen LogP contribution < -0.4 is 18.9 Å². The molecule has 0 aliphatic rings. The van der Waals surface area contributed by atoms with Crippen molar-refractivity contribution in [3.05, 3.63) is 167 Å². The second-order valence-electron chi connectivity index (χ2n) is 17.3. The van der Waals surface area contributed by atoms with Gasteiger partial charge in [0.1, 0.15) is 36.2 Å². The summed E-state index contributed by atoms with van der Waals surface area (Å²) in [5, 5.41) is 21.6. The first-order valence-corrected chi connectivity index (χ1v) is 23.3. The number of benzene rings is 6.